The summed E-state index contributed by atoms with van der Waals surface area (Å²) in [6, 6.07) is 10.3. The van der Waals surface area contributed by atoms with Gasteiger partial charge in [-0.3, -0.25) is 0 Å². The van der Waals surface area contributed by atoms with Crippen molar-refractivity contribution in [2.24, 2.45) is 0 Å². The maximum Gasteiger partial charge on any atom is 0.132 e. The lowest BCUT2D eigenvalue weighted by atomic mass is 10.1. The molecule has 2 rings (SSSR count). The molecular formula is C10H6ClF. The van der Waals surface area contributed by atoms with Gasteiger partial charge in [0.2, 0.25) is 0 Å². The van der Waals surface area contributed by atoms with E-state index in [0.29, 0.717) is 10.4 Å². The Labute approximate surface area is 74.6 Å². The van der Waals surface area contributed by atoms with Crippen LogP contribution in [-0.4, -0.2) is 0 Å². The Morgan fingerprint density at radius 2 is 1.83 bits per heavy atom. The molecule has 0 nitrogen and oxygen atoms in total. The average molecular weight is 181 g/mol. The molecule has 0 N–H and O–H groups in total. The van der Waals surface area contributed by atoms with Crippen molar-refractivity contribution in [3.05, 3.63) is 47.2 Å². The van der Waals surface area contributed by atoms with Crippen LogP contribution in [0.3, 0.4) is 0 Å². The summed E-state index contributed by atoms with van der Waals surface area (Å²) in [6.45, 7) is 0. The van der Waals surface area contributed by atoms with Crippen LogP contribution in [0, 0.1) is 5.82 Å². The molecule has 0 heterocycles. The van der Waals surface area contributed by atoms with Gasteiger partial charge in [-0.1, -0.05) is 35.9 Å². The summed E-state index contributed by atoms with van der Waals surface area (Å²) >= 11 is 5.68. The first-order valence-electron chi connectivity index (χ1n) is 3.61. The van der Waals surface area contributed by atoms with E-state index in [9.17, 15) is 4.39 Å². The number of hydrogen-bond acceptors (Lipinski definition) is 0. The van der Waals surface area contributed by atoms with Gasteiger partial charge in [-0.2, -0.15) is 0 Å². The van der Waals surface area contributed by atoms with Crippen LogP contribution in [0.25, 0.3) is 10.8 Å². The zero-order valence-electron chi connectivity index (χ0n) is 6.22. The van der Waals surface area contributed by atoms with E-state index in [4.69, 9.17) is 11.6 Å². The average Bonchev–Trinajstić information content (AvgIpc) is 2.04. The first-order chi connectivity index (χ1) is 5.77. The number of hydrogen-bond donors (Lipinski definition) is 0. The zero-order chi connectivity index (χ0) is 8.55. The standard InChI is InChI=1S/C10H6ClF/c11-8-5-7-3-1-2-4-9(7)10(12)6-8/h1-6H. The first kappa shape index (κ1) is 7.56. The molecule has 0 aliphatic carbocycles. The second-order valence-corrected chi connectivity index (χ2v) is 3.05. The smallest absolute Gasteiger partial charge is 0.132 e. The molecule has 2 aromatic rings. The molecule has 2 aromatic carbocycles. The molecule has 0 spiro atoms. The topological polar surface area (TPSA) is 0 Å². The maximum atomic E-state index is 13.2. The second kappa shape index (κ2) is 2.76. The quantitative estimate of drug-likeness (QED) is 0.581. The minimum absolute atomic E-state index is 0.266. The van der Waals surface area contributed by atoms with Crippen LogP contribution in [0.4, 0.5) is 4.39 Å². The summed E-state index contributed by atoms with van der Waals surface area (Å²) < 4.78 is 13.2. The lowest BCUT2D eigenvalue weighted by Gasteiger charge is -1.98. The third kappa shape index (κ3) is 1.16. The van der Waals surface area contributed by atoms with Gasteiger partial charge in [0.1, 0.15) is 5.82 Å². The van der Waals surface area contributed by atoms with E-state index in [1.165, 1.54) is 6.07 Å². The summed E-state index contributed by atoms with van der Waals surface area (Å²) in [4.78, 5) is 0. The van der Waals surface area contributed by atoms with Crippen molar-refractivity contribution < 1.29 is 4.39 Å². The normalized spacial score (nSPS) is 10.5. The highest BCUT2D eigenvalue weighted by Crippen LogP contribution is 2.22. The predicted octanol–water partition coefficient (Wildman–Crippen LogP) is 3.63. The summed E-state index contributed by atoms with van der Waals surface area (Å²) in [5, 5.41) is 1.88. The fourth-order valence-electron chi connectivity index (χ4n) is 1.23. The monoisotopic (exact) mass is 180 g/mol. The van der Waals surface area contributed by atoms with Gasteiger partial charge in [0.25, 0.3) is 0 Å². The zero-order valence-corrected chi connectivity index (χ0v) is 6.98. The Hall–Kier alpha value is -1.08. The summed E-state index contributed by atoms with van der Waals surface area (Å²) in [5.41, 5.74) is 0. The van der Waals surface area contributed by atoms with Crippen LogP contribution in [0.5, 0.6) is 0 Å². The molecule has 0 radical (unpaired) electrons. The Kier molecular flexibility index (Phi) is 1.74. The highest BCUT2D eigenvalue weighted by molar-refractivity contribution is 6.31. The molecule has 60 valence electrons. The third-order valence-corrected chi connectivity index (χ3v) is 1.99. The largest absolute Gasteiger partial charge is 0.206 e. The SMILES string of the molecule is Fc1cc(Cl)cc2ccccc12. The summed E-state index contributed by atoms with van der Waals surface area (Å²) in [6.07, 6.45) is 0. The van der Waals surface area contributed by atoms with Gasteiger partial charge < -0.3 is 0 Å². The van der Waals surface area contributed by atoms with Gasteiger partial charge in [-0.15, -0.1) is 0 Å². The minimum atomic E-state index is -0.266. The molecule has 0 aliphatic heterocycles. The molecule has 0 fully saturated rings. The molecule has 0 aromatic heterocycles. The third-order valence-electron chi connectivity index (χ3n) is 1.78. The molecule has 0 saturated heterocycles. The van der Waals surface area contributed by atoms with E-state index in [1.54, 1.807) is 18.2 Å². The Morgan fingerprint density at radius 3 is 2.67 bits per heavy atom. The van der Waals surface area contributed by atoms with Crippen LogP contribution in [-0.2, 0) is 0 Å². The fourth-order valence-corrected chi connectivity index (χ4v) is 1.44. The molecular weight excluding hydrogens is 175 g/mol. The van der Waals surface area contributed by atoms with Crippen LogP contribution in [0.2, 0.25) is 5.02 Å². The van der Waals surface area contributed by atoms with Crippen molar-refractivity contribution in [3.63, 3.8) is 0 Å². The van der Waals surface area contributed by atoms with Gasteiger partial charge in [-0.25, -0.2) is 4.39 Å². The second-order valence-electron chi connectivity index (χ2n) is 2.61. The Bertz CT molecular complexity index is 423. The summed E-state index contributed by atoms with van der Waals surface area (Å²) in [5.74, 6) is -0.266. The lowest BCUT2D eigenvalue weighted by Crippen LogP contribution is -1.78. The van der Waals surface area contributed by atoms with Crippen molar-refractivity contribution in [3.8, 4) is 0 Å². The van der Waals surface area contributed by atoms with Crippen molar-refractivity contribution in [1.29, 1.82) is 0 Å². The minimum Gasteiger partial charge on any atom is -0.206 e. The van der Waals surface area contributed by atoms with Gasteiger partial charge in [0.05, 0.1) is 0 Å². The van der Waals surface area contributed by atoms with Crippen molar-refractivity contribution in [2.45, 2.75) is 0 Å². The molecule has 0 amide bonds. The van der Waals surface area contributed by atoms with Gasteiger partial charge >= 0.3 is 0 Å². The lowest BCUT2D eigenvalue weighted by molar-refractivity contribution is 0.640. The van der Waals surface area contributed by atoms with E-state index < -0.39 is 0 Å². The van der Waals surface area contributed by atoms with Gasteiger partial charge in [0.15, 0.2) is 0 Å². The van der Waals surface area contributed by atoms with E-state index in [-0.39, 0.29) is 5.82 Å². The van der Waals surface area contributed by atoms with Crippen molar-refractivity contribution >= 4 is 22.4 Å². The van der Waals surface area contributed by atoms with Crippen LogP contribution < -0.4 is 0 Å². The van der Waals surface area contributed by atoms with Crippen LogP contribution in [0.1, 0.15) is 0 Å². The molecule has 0 atom stereocenters. The number of fused-ring (bicyclic) bond motifs is 1. The molecule has 0 aliphatic rings. The number of benzene rings is 2. The summed E-state index contributed by atoms with van der Waals surface area (Å²) in [7, 11) is 0. The van der Waals surface area contributed by atoms with E-state index in [2.05, 4.69) is 0 Å². The Morgan fingerprint density at radius 1 is 1.08 bits per heavy atom. The van der Waals surface area contributed by atoms with Gasteiger partial charge in [0, 0.05) is 10.4 Å². The van der Waals surface area contributed by atoms with Gasteiger partial charge in [-0.05, 0) is 17.5 Å². The van der Waals surface area contributed by atoms with Crippen molar-refractivity contribution in [2.75, 3.05) is 0 Å². The Balaban J connectivity index is 2.89. The molecule has 0 saturated carbocycles. The maximum absolute atomic E-state index is 13.2. The molecule has 12 heavy (non-hydrogen) atoms. The first-order valence-corrected chi connectivity index (χ1v) is 3.99. The van der Waals surface area contributed by atoms with E-state index in [1.807, 2.05) is 12.1 Å². The van der Waals surface area contributed by atoms with Crippen LogP contribution in [0.15, 0.2) is 36.4 Å². The van der Waals surface area contributed by atoms with Crippen molar-refractivity contribution in [1.82, 2.24) is 0 Å². The number of halogens is 2. The molecule has 0 bridgehead atoms. The van der Waals surface area contributed by atoms with Crippen LogP contribution >= 0.6 is 11.6 Å². The van der Waals surface area contributed by atoms with E-state index in [0.717, 1.165) is 5.39 Å². The molecule has 2 heteroatoms. The predicted molar refractivity (Wildman–Crippen MR) is 48.9 cm³/mol. The highest BCUT2D eigenvalue weighted by atomic mass is 35.5. The highest BCUT2D eigenvalue weighted by Gasteiger charge is 2.00. The fraction of sp³-hybridized carbons (Fsp3) is 0. The van der Waals surface area contributed by atoms with E-state index >= 15 is 0 Å². The number of rotatable bonds is 0. The molecule has 0 unspecified atom stereocenters.